The van der Waals surface area contributed by atoms with Crippen LogP contribution in [0.25, 0.3) is 0 Å². The Morgan fingerprint density at radius 3 is 2.67 bits per heavy atom. The number of rotatable bonds is 7. The predicted octanol–water partition coefficient (Wildman–Crippen LogP) is 5.38. The lowest BCUT2D eigenvalue weighted by molar-refractivity contribution is -0.117. The van der Waals surface area contributed by atoms with E-state index in [0.29, 0.717) is 21.3 Å². The largest absolute Gasteiger partial charge is 0.489 e. The van der Waals surface area contributed by atoms with E-state index < -0.39 is 0 Å². The van der Waals surface area contributed by atoms with Gasteiger partial charge in [-0.3, -0.25) is 9.59 Å². The summed E-state index contributed by atoms with van der Waals surface area (Å²) in [6.07, 6.45) is 1.87. The fourth-order valence-corrected chi connectivity index (χ4v) is 3.74. The Balaban J connectivity index is 1.35. The molecule has 1 fully saturated rings. The third kappa shape index (κ3) is 5.04. The summed E-state index contributed by atoms with van der Waals surface area (Å²) in [6, 6.07) is 15.1. The lowest BCUT2D eigenvalue weighted by Gasteiger charge is -2.11. The van der Waals surface area contributed by atoms with E-state index in [1.165, 1.54) is 23.5 Å². The molecule has 7 heteroatoms. The maximum atomic E-state index is 13.3. The molecule has 5 nitrogen and oxygen atoms in total. The summed E-state index contributed by atoms with van der Waals surface area (Å²) in [5.41, 5.74) is 2.27. The molecule has 0 bridgehead atoms. The van der Waals surface area contributed by atoms with Crippen LogP contribution in [0, 0.1) is 18.7 Å². The summed E-state index contributed by atoms with van der Waals surface area (Å²) in [7, 11) is 0. The fraction of sp³-hybridized carbons (Fsp3) is 0.217. The zero-order valence-electron chi connectivity index (χ0n) is 16.4. The van der Waals surface area contributed by atoms with Crippen LogP contribution in [-0.4, -0.2) is 11.8 Å². The van der Waals surface area contributed by atoms with Crippen molar-refractivity contribution in [3.63, 3.8) is 0 Å². The van der Waals surface area contributed by atoms with Gasteiger partial charge in [0.05, 0.1) is 9.88 Å². The number of carbonyl (C=O) groups excluding carboxylic acids is 2. The summed E-state index contributed by atoms with van der Waals surface area (Å²) in [5, 5.41) is 6.42. The number of anilines is 2. The average molecular weight is 424 g/mol. The third-order valence-corrected chi connectivity index (χ3v) is 5.76. The molecule has 1 saturated carbocycles. The van der Waals surface area contributed by atoms with Gasteiger partial charge in [0, 0.05) is 11.6 Å². The Bertz CT molecular complexity index is 1090. The second-order valence-electron chi connectivity index (χ2n) is 7.28. The highest BCUT2D eigenvalue weighted by molar-refractivity contribution is 7.18. The molecule has 0 atom stereocenters. The van der Waals surface area contributed by atoms with E-state index in [1.807, 2.05) is 13.0 Å². The van der Waals surface area contributed by atoms with Crippen molar-refractivity contribution < 1.29 is 18.7 Å². The van der Waals surface area contributed by atoms with Crippen LogP contribution in [0.1, 0.15) is 33.6 Å². The van der Waals surface area contributed by atoms with Gasteiger partial charge in [0.25, 0.3) is 5.91 Å². The number of amides is 2. The quantitative estimate of drug-likeness (QED) is 0.535. The zero-order chi connectivity index (χ0) is 21.1. The molecule has 1 heterocycles. The Labute approximate surface area is 177 Å². The van der Waals surface area contributed by atoms with Crippen LogP contribution in [0.4, 0.5) is 15.1 Å². The summed E-state index contributed by atoms with van der Waals surface area (Å²) in [6.45, 7) is 2.13. The molecule has 1 aromatic heterocycles. The number of hydrogen-bond acceptors (Lipinski definition) is 4. The van der Waals surface area contributed by atoms with Crippen molar-refractivity contribution in [3.8, 4) is 5.75 Å². The Kier molecular flexibility index (Phi) is 5.81. The fourth-order valence-electron chi connectivity index (χ4n) is 2.94. The Hall–Kier alpha value is -3.19. The van der Waals surface area contributed by atoms with E-state index in [-0.39, 0.29) is 30.2 Å². The summed E-state index contributed by atoms with van der Waals surface area (Å²) < 4.78 is 19.0. The molecule has 4 rings (SSSR count). The standard InChI is InChI=1S/C23H21FN2O3S/c1-14-11-18(29-13-15-3-2-4-17(24)12-15)7-8-19(14)25-23(28)20-9-10-21(30-20)26-22(27)16-5-6-16/h2-4,7-12,16H,5-6,13H2,1H3,(H,25,28)(H,26,27). The molecule has 0 saturated heterocycles. The van der Waals surface area contributed by atoms with Gasteiger partial charge in [-0.1, -0.05) is 12.1 Å². The molecular weight excluding hydrogens is 403 g/mol. The molecule has 2 aromatic carbocycles. The van der Waals surface area contributed by atoms with E-state index >= 15 is 0 Å². The molecule has 0 radical (unpaired) electrons. The van der Waals surface area contributed by atoms with Gasteiger partial charge in [-0.25, -0.2) is 4.39 Å². The highest BCUT2D eigenvalue weighted by atomic mass is 32.1. The first kappa shape index (κ1) is 20.1. The van der Waals surface area contributed by atoms with Gasteiger partial charge < -0.3 is 15.4 Å². The minimum absolute atomic E-state index is 0.0217. The lowest BCUT2D eigenvalue weighted by atomic mass is 10.2. The molecule has 1 aliphatic rings. The number of nitrogens with one attached hydrogen (secondary N) is 2. The van der Waals surface area contributed by atoms with Gasteiger partial charge in [-0.05, 0) is 73.4 Å². The van der Waals surface area contributed by atoms with Gasteiger partial charge in [0.1, 0.15) is 18.2 Å². The van der Waals surface area contributed by atoms with Crippen molar-refractivity contribution in [2.75, 3.05) is 10.6 Å². The second-order valence-corrected chi connectivity index (χ2v) is 8.36. The number of carbonyl (C=O) groups is 2. The SMILES string of the molecule is Cc1cc(OCc2cccc(F)c2)ccc1NC(=O)c1ccc(NC(=O)C2CC2)s1. The predicted molar refractivity (Wildman–Crippen MR) is 116 cm³/mol. The number of benzene rings is 2. The lowest BCUT2D eigenvalue weighted by Crippen LogP contribution is -2.12. The van der Waals surface area contributed by atoms with Crippen molar-refractivity contribution in [1.82, 2.24) is 0 Å². The van der Waals surface area contributed by atoms with Crippen molar-refractivity contribution in [3.05, 3.63) is 76.4 Å². The van der Waals surface area contributed by atoms with Crippen molar-refractivity contribution in [2.45, 2.75) is 26.4 Å². The maximum Gasteiger partial charge on any atom is 0.265 e. The third-order valence-electron chi connectivity index (χ3n) is 4.76. The van der Waals surface area contributed by atoms with Crippen LogP contribution in [0.2, 0.25) is 0 Å². The topological polar surface area (TPSA) is 67.4 Å². The van der Waals surface area contributed by atoms with Gasteiger partial charge in [-0.15, -0.1) is 11.3 Å². The average Bonchev–Trinajstić information content (AvgIpc) is 3.48. The van der Waals surface area contributed by atoms with Crippen LogP contribution >= 0.6 is 11.3 Å². The molecule has 30 heavy (non-hydrogen) atoms. The normalized spacial score (nSPS) is 13.0. The van der Waals surface area contributed by atoms with Crippen LogP contribution in [-0.2, 0) is 11.4 Å². The molecule has 0 spiro atoms. The molecule has 1 aliphatic carbocycles. The number of aryl methyl sites for hydroxylation is 1. The molecule has 2 N–H and O–H groups in total. The van der Waals surface area contributed by atoms with Crippen LogP contribution < -0.4 is 15.4 Å². The van der Waals surface area contributed by atoms with E-state index in [0.717, 1.165) is 24.0 Å². The number of ether oxygens (including phenoxy) is 1. The molecule has 2 amide bonds. The van der Waals surface area contributed by atoms with E-state index in [4.69, 9.17) is 4.74 Å². The first-order chi connectivity index (χ1) is 14.5. The summed E-state index contributed by atoms with van der Waals surface area (Å²) in [5.74, 6) is 0.246. The van der Waals surface area contributed by atoms with Gasteiger partial charge >= 0.3 is 0 Å². The van der Waals surface area contributed by atoms with Gasteiger partial charge in [0.2, 0.25) is 5.91 Å². The van der Waals surface area contributed by atoms with Crippen molar-refractivity contribution in [2.24, 2.45) is 5.92 Å². The zero-order valence-corrected chi connectivity index (χ0v) is 17.2. The molecule has 3 aromatic rings. The monoisotopic (exact) mass is 424 g/mol. The summed E-state index contributed by atoms with van der Waals surface area (Å²) >= 11 is 1.25. The van der Waals surface area contributed by atoms with E-state index in [1.54, 1.807) is 36.4 Å². The molecular formula is C23H21FN2O3S. The van der Waals surface area contributed by atoms with Gasteiger partial charge in [-0.2, -0.15) is 0 Å². The van der Waals surface area contributed by atoms with Crippen molar-refractivity contribution >= 4 is 33.8 Å². The second kappa shape index (κ2) is 8.67. The van der Waals surface area contributed by atoms with Crippen LogP contribution in [0.5, 0.6) is 5.75 Å². The molecule has 0 aliphatic heterocycles. The van der Waals surface area contributed by atoms with Gasteiger partial charge in [0.15, 0.2) is 0 Å². The van der Waals surface area contributed by atoms with Crippen LogP contribution in [0.3, 0.4) is 0 Å². The van der Waals surface area contributed by atoms with E-state index in [9.17, 15) is 14.0 Å². The Morgan fingerprint density at radius 2 is 1.93 bits per heavy atom. The first-order valence-corrected chi connectivity index (χ1v) is 10.5. The molecule has 0 unspecified atom stereocenters. The Morgan fingerprint density at radius 1 is 1.10 bits per heavy atom. The van der Waals surface area contributed by atoms with Crippen LogP contribution in [0.15, 0.2) is 54.6 Å². The highest BCUT2D eigenvalue weighted by Crippen LogP contribution is 2.32. The minimum Gasteiger partial charge on any atom is -0.489 e. The first-order valence-electron chi connectivity index (χ1n) is 9.68. The number of halogens is 1. The summed E-state index contributed by atoms with van der Waals surface area (Å²) in [4.78, 5) is 24.9. The maximum absolute atomic E-state index is 13.3. The minimum atomic E-state index is -0.297. The highest BCUT2D eigenvalue weighted by Gasteiger charge is 2.29. The molecule has 154 valence electrons. The number of thiophene rings is 1. The van der Waals surface area contributed by atoms with E-state index in [2.05, 4.69) is 10.6 Å². The van der Waals surface area contributed by atoms with Crippen molar-refractivity contribution in [1.29, 1.82) is 0 Å². The smallest absolute Gasteiger partial charge is 0.265 e. The number of hydrogen-bond donors (Lipinski definition) is 2.